The Bertz CT molecular complexity index is 811. The molecule has 1 aromatic carbocycles. The maximum atomic E-state index is 12.3. The number of hydrogen-bond acceptors (Lipinski definition) is 6. The fourth-order valence-corrected chi connectivity index (χ4v) is 2.92. The number of anilines is 1. The van der Waals surface area contributed by atoms with Crippen molar-refractivity contribution in [1.82, 2.24) is 14.8 Å². The van der Waals surface area contributed by atoms with E-state index in [9.17, 15) is 4.79 Å². The summed E-state index contributed by atoms with van der Waals surface area (Å²) in [6.45, 7) is 1.84. The van der Waals surface area contributed by atoms with Gasteiger partial charge in [0.2, 0.25) is 11.1 Å². The highest BCUT2D eigenvalue weighted by Gasteiger charge is 2.31. The molecular formula is C17H18N4O2S. The molecule has 0 bridgehead atoms. The van der Waals surface area contributed by atoms with Gasteiger partial charge in [-0.25, -0.2) is 9.48 Å². The summed E-state index contributed by atoms with van der Waals surface area (Å²) in [5, 5.41) is 8.25. The van der Waals surface area contributed by atoms with Crippen molar-refractivity contribution in [3.8, 4) is 0 Å². The van der Waals surface area contributed by atoms with E-state index >= 15 is 0 Å². The van der Waals surface area contributed by atoms with Crippen molar-refractivity contribution in [3.05, 3.63) is 53.2 Å². The Hall–Kier alpha value is -2.54. The van der Waals surface area contributed by atoms with Crippen LogP contribution in [0.4, 0.5) is 5.95 Å². The van der Waals surface area contributed by atoms with Crippen LogP contribution >= 0.6 is 11.8 Å². The van der Waals surface area contributed by atoms with Gasteiger partial charge in [-0.2, -0.15) is 4.98 Å². The second kappa shape index (κ2) is 6.92. The van der Waals surface area contributed by atoms with Gasteiger partial charge in [0.15, 0.2) is 0 Å². The molecule has 6 nitrogen and oxygen atoms in total. The van der Waals surface area contributed by atoms with Gasteiger partial charge in [0.25, 0.3) is 0 Å². The van der Waals surface area contributed by atoms with Crippen LogP contribution in [0.25, 0.3) is 6.08 Å². The number of benzene rings is 1. The summed E-state index contributed by atoms with van der Waals surface area (Å²) in [5.41, 5.74) is 2.29. The zero-order chi connectivity index (χ0) is 17.1. The van der Waals surface area contributed by atoms with E-state index < -0.39 is 0 Å². The molecule has 2 heterocycles. The number of fused-ring (bicyclic) bond motifs is 1. The second-order valence-corrected chi connectivity index (χ2v) is 6.01. The first-order chi connectivity index (χ1) is 11.6. The molecule has 0 saturated carbocycles. The lowest BCUT2D eigenvalue weighted by molar-refractivity contribution is -0.136. The zero-order valence-electron chi connectivity index (χ0n) is 13.7. The number of rotatable bonds is 4. The Balaban J connectivity index is 2.05. The highest BCUT2D eigenvalue weighted by molar-refractivity contribution is 7.98. The van der Waals surface area contributed by atoms with Crippen LogP contribution in [0.1, 0.15) is 18.5 Å². The number of nitrogens with zero attached hydrogens (tertiary/aromatic N) is 3. The third-order valence-electron chi connectivity index (χ3n) is 3.73. The minimum absolute atomic E-state index is 0.373. The summed E-state index contributed by atoms with van der Waals surface area (Å²) in [7, 11) is 1.38. The molecule has 7 heteroatoms. The zero-order valence-corrected chi connectivity index (χ0v) is 14.5. The highest BCUT2D eigenvalue weighted by Crippen LogP contribution is 2.33. The van der Waals surface area contributed by atoms with Crippen LogP contribution in [-0.4, -0.2) is 34.1 Å². The first-order valence-corrected chi connectivity index (χ1v) is 8.66. The normalized spacial score (nSPS) is 16.9. The SMILES string of the molecule is COC(=O)C1=C(C)Nc2nc(SC)nn2C1/C=C/c1ccccc1. The molecular weight excluding hydrogens is 324 g/mol. The van der Waals surface area contributed by atoms with Gasteiger partial charge < -0.3 is 10.1 Å². The van der Waals surface area contributed by atoms with Crippen molar-refractivity contribution in [3.63, 3.8) is 0 Å². The van der Waals surface area contributed by atoms with E-state index in [1.807, 2.05) is 55.7 Å². The summed E-state index contributed by atoms with van der Waals surface area (Å²) in [6.07, 6.45) is 5.82. The van der Waals surface area contributed by atoms with Crippen LogP contribution < -0.4 is 5.32 Å². The van der Waals surface area contributed by atoms with E-state index in [4.69, 9.17) is 4.74 Å². The van der Waals surface area contributed by atoms with Crippen LogP contribution in [0.15, 0.2) is 52.8 Å². The molecule has 1 aliphatic rings. The Morgan fingerprint density at radius 3 is 2.79 bits per heavy atom. The maximum absolute atomic E-state index is 12.3. The number of carbonyl (C=O) groups excluding carboxylic acids is 1. The average molecular weight is 342 g/mol. The quantitative estimate of drug-likeness (QED) is 0.680. The topological polar surface area (TPSA) is 69.0 Å². The highest BCUT2D eigenvalue weighted by atomic mass is 32.2. The number of nitrogens with one attached hydrogen (secondary N) is 1. The van der Waals surface area contributed by atoms with Gasteiger partial charge in [0.1, 0.15) is 6.04 Å². The maximum Gasteiger partial charge on any atom is 0.338 e. The Kier molecular flexibility index (Phi) is 4.71. The van der Waals surface area contributed by atoms with E-state index in [1.54, 1.807) is 4.68 Å². The standard InChI is InChI=1S/C17H18N4O2S/c1-11-14(15(22)23-2)13(10-9-12-7-5-4-6-8-12)21-16(18-11)19-17(20-21)24-3/h4-10,13H,1-3H3,(H,18,19,20)/b10-9+. The lowest BCUT2D eigenvalue weighted by Crippen LogP contribution is -2.27. The lowest BCUT2D eigenvalue weighted by Gasteiger charge is -2.25. The van der Waals surface area contributed by atoms with Crippen molar-refractivity contribution < 1.29 is 9.53 Å². The van der Waals surface area contributed by atoms with Crippen LogP contribution in [0.3, 0.4) is 0 Å². The molecule has 24 heavy (non-hydrogen) atoms. The van der Waals surface area contributed by atoms with Crippen LogP contribution in [-0.2, 0) is 9.53 Å². The average Bonchev–Trinajstić information content (AvgIpc) is 3.02. The minimum atomic E-state index is -0.380. The number of carbonyl (C=O) groups is 1. The van der Waals surface area contributed by atoms with Crippen molar-refractivity contribution in [2.75, 3.05) is 18.7 Å². The number of ether oxygens (including phenoxy) is 1. The molecule has 0 amide bonds. The van der Waals surface area contributed by atoms with Gasteiger partial charge in [-0.1, -0.05) is 54.2 Å². The van der Waals surface area contributed by atoms with E-state index in [0.29, 0.717) is 16.7 Å². The van der Waals surface area contributed by atoms with Crippen LogP contribution in [0.2, 0.25) is 0 Å². The number of hydrogen-bond donors (Lipinski definition) is 1. The van der Waals surface area contributed by atoms with E-state index in [1.165, 1.54) is 18.9 Å². The van der Waals surface area contributed by atoms with Gasteiger partial charge in [0.05, 0.1) is 12.7 Å². The summed E-state index contributed by atoms with van der Waals surface area (Å²) < 4.78 is 6.67. The molecule has 0 fully saturated rings. The first kappa shape index (κ1) is 16.3. The van der Waals surface area contributed by atoms with E-state index in [0.717, 1.165) is 11.3 Å². The number of esters is 1. The third kappa shape index (κ3) is 3.07. The smallest absolute Gasteiger partial charge is 0.338 e. The second-order valence-electron chi connectivity index (χ2n) is 5.24. The molecule has 0 radical (unpaired) electrons. The molecule has 124 valence electrons. The first-order valence-electron chi connectivity index (χ1n) is 7.44. The van der Waals surface area contributed by atoms with Gasteiger partial charge in [-0.05, 0) is 18.7 Å². The van der Waals surface area contributed by atoms with Crippen molar-refractivity contribution >= 4 is 29.8 Å². The number of allylic oxidation sites excluding steroid dienone is 2. The van der Waals surface area contributed by atoms with Gasteiger partial charge in [-0.15, -0.1) is 5.10 Å². The van der Waals surface area contributed by atoms with Crippen molar-refractivity contribution in [2.45, 2.75) is 18.1 Å². The van der Waals surface area contributed by atoms with Gasteiger partial charge in [-0.3, -0.25) is 0 Å². The minimum Gasteiger partial charge on any atom is -0.466 e. The Morgan fingerprint density at radius 2 is 2.12 bits per heavy atom. The summed E-state index contributed by atoms with van der Waals surface area (Å²) in [5.74, 6) is 0.238. The Labute approximate surface area is 144 Å². The number of aromatic nitrogens is 3. The summed E-state index contributed by atoms with van der Waals surface area (Å²) >= 11 is 1.45. The summed E-state index contributed by atoms with van der Waals surface area (Å²) in [4.78, 5) is 16.7. The molecule has 1 aliphatic heterocycles. The largest absolute Gasteiger partial charge is 0.466 e. The molecule has 0 aliphatic carbocycles. The fraction of sp³-hybridized carbons (Fsp3) is 0.235. The van der Waals surface area contributed by atoms with Crippen LogP contribution in [0.5, 0.6) is 0 Å². The molecule has 1 atom stereocenters. The van der Waals surface area contributed by atoms with E-state index in [-0.39, 0.29) is 12.0 Å². The predicted octanol–water partition coefficient (Wildman–Crippen LogP) is 3.13. The monoisotopic (exact) mass is 342 g/mol. The summed E-state index contributed by atoms with van der Waals surface area (Å²) in [6, 6.07) is 9.53. The van der Waals surface area contributed by atoms with Crippen LogP contribution in [0, 0.1) is 0 Å². The van der Waals surface area contributed by atoms with Crippen molar-refractivity contribution in [1.29, 1.82) is 0 Å². The third-order valence-corrected chi connectivity index (χ3v) is 4.27. The fourth-order valence-electron chi connectivity index (χ4n) is 2.58. The molecule has 0 saturated heterocycles. The van der Waals surface area contributed by atoms with Gasteiger partial charge >= 0.3 is 5.97 Å². The number of methoxy groups -OCH3 is 1. The van der Waals surface area contributed by atoms with Crippen molar-refractivity contribution in [2.24, 2.45) is 0 Å². The van der Waals surface area contributed by atoms with E-state index in [2.05, 4.69) is 15.4 Å². The van der Waals surface area contributed by atoms with Gasteiger partial charge in [0, 0.05) is 5.70 Å². The molecule has 1 aromatic heterocycles. The lowest BCUT2D eigenvalue weighted by atomic mass is 10.0. The molecule has 3 rings (SSSR count). The number of thioether (sulfide) groups is 1. The molecule has 2 aromatic rings. The predicted molar refractivity (Wildman–Crippen MR) is 94.7 cm³/mol. The molecule has 1 unspecified atom stereocenters. The molecule has 1 N–H and O–H groups in total. The molecule has 0 spiro atoms. The Morgan fingerprint density at radius 1 is 1.38 bits per heavy atom.